The van der Waals surface area contributed by atoms with E-state index in [1.54, 1.807) is 36.2 Å². The summed E-state index contributed by atoms with van der Waals surface area (Å²) in [7, 11) is 1.65. The highest BCUT2D eigenvalue weighted by atomic mass is 16.4. The normalized spacial score (nSPS) is 17.9. The Bertz CT molecular complexity index is 577. The molecule has 0 saturated carbocycles. The van der Waals surface area contributed by atoms with Crippen LogP contribution >= 0.6 is 0 Å². The number of urea groups is 1. The molecule has 1 fully saturated rings. The van der Waals surface area contributed by atoms with Crippen molar-refractivity contribution >= 4 is 17.7 Å². The topological polar surface area (TPSA) is 84.6 Å². The van der Waals surface area contributed by atoms with Crippen LogP contribution in [0.1, 0.15) is 18.4 Å². The van der Waals surface area contributed by atoms with E-state index in [0.29, 0.717) is 30.6 Å². The Hall–Kier alpha value is -2.55. The Morgan fingerprint density at radius 3 is 2.62 bits per heavy atom. The first-order chi connectivity index (χ1) is 10.0. The fourth-order valence-corrected chi connectivity index (χ4v) is 2.43. The van der Waals surface area contributed by atoms with E-state index in [2.05, 4.69) is 0 Å². The number of likely N-dealkylation sites (tertiary alicyclic amines) is 1. The van der Waals surface area contributed by atoms with Gasteiger partial charge in [-0.3, -0.25) is 9.69 Å². The van der Waals surface area contributed by atoms with Gasteiger partial charge in [-0.2, -0.15) is 5.26 Å². The summed E-state index contributed by atoms with van der Waals surface area (Å²) in [6.07, 6.45) is 1.31. The molecule has 1 aliphatic rings. The van der Waals surface area contributed by atoms with Crippen molar-refractivity contribution in [2.24, 2.45) is 5.92 Å². The first-order valence-corrected chi connectivity index (χ1v) is 6.78. The molecule has 21 heavy (non-hydrogen) atoms. The van der Waals surface area contributed by atoms with Crippen molar-refractivity contribution in [2.75, 3.05) is 25.0 Å². The maximum Gasteiger partial charge on any atom is 0.324 e. The first-order valence-electron chi connectivity index (χ1n) is 6.78. The molecular weight excluding hydrogens is 270 g/mol. The van der Waals surface area contributed by atoms with Crippen molar-refractivity contribution in [1.82, 2.24) is 4.90 Å². The van der Waals surface area contributed by atoms with Gasteiger partial charge in [0.15, 0.2) is 0 Å². The standard InChI is InChI=1S/C15H17N3O3/c1-17(13-6-4-11(9-16)5-7-13)15(21)18-8-2-3-12(10-18)14(19)20/h4-7,12H,2-3,8,10H2,1H3,(H,19,20)/t12-/m1/s1. The summed E-state index contributed by atoms with van der Waals surface area (Å²) in [5, 5.41) is 17.8. The van der Waals surface area contributed by atoms with Crippen LogP contribution in [0.2, 0.25) is 0 Å². The number of hydrogen-bond donors (Lipinski definition) is 1. The number of rotatable bonds is 2. The van der Waals surface area contributed by atoms with Crippen LogP contribution in [0, 0.1) is 17.2 Å². The molecule has 6 nitrogen and oxygen atoms in total. The van der Waals surface area contributed by atoms with Crippen LogP contribution < -0.4 is 4.90 Å². The Labute approximate surface area is 123 Å². The molecule has 0 aromatic heterocycles. The van der Waals surface area contributed by atoms with Gasteiger partial charge in [0.25, 0.3) is 0 Å². The molecule has 1 atom stereocenters. The van der Waals surface area contributed by atoms with E-state index in [9.17, 15) is 9.59 Å². The van der Waals surface area contributed by atoms with E-state index in [1.807, 2.05) is 6.07 Å². The van der Waals surface area contributed by atoms with E-state index >= 15 is 0 Å². The molecule has 1 aliphatic heterocycles. The van der Waals surface area contributed by atoms with Gasteiger partial charge in [0.05, 0.1) is 17.6 Å². The minimum absolute atomic E-state index is 0.217. The molecule has 2 amide bonds. The first kappa shape index (κ1) is 14.9. The monoisotopic (exact) mass is 287 g/mol. The second-order valence-electron chi connectivity index (χ2n) is 5.12. The summed E-state index contributed by atoms with van der Waals surface area (Å²) >= 11 is 0. The van der Waals surface area contributed by atoms with E-state index in [0.717, 1.165) is 0 Å². The number of piperidine rings is 1. The lowest BCUT2D eigenvalue weighted by Crippen LogP contribution is -2.47. The molecule has 0 aliphatic carbocycles. The summed E-state index contributed by atoms with van der Waals surface area (Å²) in [6, 6.07) is 8.51. The number of hydrogen-bond acceptors (Lipinski definition) is 3. The van der Waals surface area contributed by atoms with Gasteiger partial charge in [-0.25, -0.2) is 4.79 Å². The molecule has 0 spiro atoms. The highest BCUT2D eigenvalue weighted by Gasteiger charge is 2.29. The molecule has 0 radical (unpaired) electrons. The van der Waals surface area contributed by atoms with Crippen LogP contribution in [0.15, 0.2) is 24.3 Å². The maximum absolute atomic E-state index is 12.4. The largest absolute Gasteiger partial charge is 0.481 e. The van der Waals surface area contributed by atoms with Crippen molar-refractivity contribution < 1.29 is 14.7 Å². The van der Waals surface area contributed by atoms with Gasteiger partial charge in [0.2, 0.25) is 0 Å². The summed E-state index contributed by atoms with van der Waals surface area (Å²) in [5.41, 5.74) is 1.21. The van der Waals surface area contributed by atoms with E-state index in [-0.39, 0.29) is 12.6 Å². The molecule has 1 N–H and O–H groups in total. The third-order valence-electron chi connectivity index (χ3n) is 3.71. The summed E-state index contributed by atoms with van der Waals surface area (Å²) in [5.74, 6) is -1.34. The third-order valence-corrected chi connectivity index (χ3v) is 3.71. The Morgan fingerprint density at radius 2 is 2.05 bits per heavy atom. The van der Waals surface area contributed by atoms with Crippen molar-refractivity contribution in [2.45, 2.75) is 12.8 Å². The zero-order valence-corrected chi connectivity index (χ0v) is 11.8. The van der Waals surface area contributed by atoms with Crippen molar-refractivity contribution in [1.29, 1.82) is 5.26 Å². The summed E-state index contributed by atoms with van der Waals surface area (Å²) in [6.45, 7) is 0.817. The molecule has 0 bridgehead atoms. The Balaban J connectivity index is 2.07. The molecule has 110 valence electrons. The average molecular weight is 287 g/mol. The Morgan fingerprint density at radius 1 is 1.38 bits per heavy atom. The van der Waals surface area contributed by atoms with Crippen molar-refractivity contribution in [3.05, 3.63) is 29.8 Å². The zero-order chi connectivity index (χ0) is 15.4. The predicted octanol–water partition coefficient (Wildman–Crippen LogP) is 1.91. The van der Waals surface area contributed by atoms with Gasteiger partial charge >= 0.3 is 12.0 Å². The number of carbonyl (C=O) groups is 2. The van der Waals surface area contributed by atoms with Crippen molar-refractivity contribution in [3.8, 4) is 6.07 Å². The quantitative estimate of drug-likeness (QED) is 0.900. The number of anilines is 1. The lowest BCUT2D eigenvalue weighted by Gasteiger charge is -2.33. The number of amides is 2. The van der Waals surface area contributed by atoms with E-state index in [1.165, 1.54) is 4.90 Å². The number of aliphatic carboxylic acids is 1. The SMILES string of the molecule is CN(C(=O)N1CCC[C@@H](C(=O)O)C1)c1ccc(C#N)cc1. The molecule has 6 heteroatoms. The Kier molecular flexibility index (Phi) is 4.43. The van der Waals surface area contributed by atoms with Crippen LogP contribution in [0.4, 0.5) is 10.5 Å². The number of carboxylic acid groups (broad SMARTS) is 1. The zero-order valence-electron chi connectivity index (χ0n) is 11.8. The number of nitrogens with zero attached hydrogens (tertiary/aromatic N) is 3. The second kappa shape index (κ2) is 6.27. The maximum atomic E-state index is 12.4. The summed E-state index contributed by atoms with van der Waals surface area (Å²) in [4.78, 5) is 26.5. The van der Waals surface area contributed by atoms with E-state index in [4.69, 9.17) is 10.4 Å². The van der Waals surface area contributed by atoms with Crippen LogP contribution in [0.3, 0.4) is 0 Å². The summed E-state index contributed by atoms with van der Waals surface area (Å²) < 4.78 is 0. The van der Waals surface area contributed by atoms with Gasteiger partial charge in [-0.1, -0.05) is 0 Å². The third kappa shape index (κ3) is 3.31. The van der Waals surface area contributed by atoms with Gasteiger partial charge in [-0.05, 0) is 37.1 Å². The number of carbonyl (C=O) groups excluding carboxylic acids is 1. The van der Waals surface area contributed by atoms with Crippen LogP contribution in [0.5, 0.6) is 0 Å². The molecule has 1 aromatic rings. The predicted molar refractivity (Wildman–Crippen MR) is 76.9 cm³/mol. The van der Waals surface area contributed by atoms with Crippen LogP contribution in [0.25, 0.3) is 0 Å². The molecule has 2 rings (SSSR count). The van der Waals surface area contributed by atoms with Gasteiger partial charge in [-0.15, -0.1) is 0 Å². The molecular formula is C15H17N3O3. The van der Waals surface area contributed by atoms with Gasteiger partial charge in [0, 0.05) is 25.8 Å². The number of benzene rings is 1. The van der Waals surface area contributed by atoms with Crippen LogP contribution in [-0.4, -0.2) is 42.1 Å². The minimum Gasteiger partial charge on any atom is -0.481 e. The van der Waals surface area contributed by atoms with E-state index < -0.39 is 11.9 Å². The molecule has 0 unspecified atom stereocenters. The smallest absolute Gasteiger partial charge is 0.324 e. The fraction of sp³-hybridized carbons (Fsp3) is 0.400. The molecule has 1 heterocycles. The van der Waals surface area contributed by atoms with Crippen LogP contribution in [-0.2, 0) is 4.79 Å². The van der Waals surface area contributed by atoms with Crippen molar-refractivity contribution in [3.63, 3.8) is 0 Å². The fourth-order valence-electron chi connectivity index (χ4n) is 2.43. The lowest BCUT2D eigenvalue weighted by molar-refractivity contribution is -0.143. The minimum atomic E-state index is -0.853. The number of carboxylic acids is 1. The van der Waals surface area contributed by atoms with Gasteiger partial charge < -0.3 is 10.0 Å². The number of nitriles is 1. The second-order valence-corrected chi connectivity index (χ2v) is 5.12. The highest BCUT2D eigenvalue weighted by Crippen LogP contribution is 2.20. The molecule has 1 aromatic carbocycles. The van der Waals surface area contributed by atoms with Gasteiger partial charge in [0.1, 0.15) is 0 Å². The lowest BCUT2D eigenvalue weighted by atomic mass is 9.98. The highest BCUT2D eigenvalue weighted by molar-refractivity contribution is 5.91. The molecule has 1 saturated heterocycles. The average Bonchev–Trinajstić information content (AvgIpc) is 2.53.